The first-order valence-electron chi connectivity index (χ1n) is 10.0. The van der Waals surface area contributed by atoms with Crippen molar-refractivity contribution in [2.24, 2.45) is 0 Å². The monoisotopic (exact) mass is 421 g/mol. The van der Waals surface area contributed by atoms with Crippen LogP contribution in [-0.2, 0) is 9.47 Å². The Kier molecular flexibility index (Phi) is 4.32. The van der Waals surface area contributed by atoms with Crippen LogP contribution >= 0.6 is 0 Å². The number of hydrogen-bond donors (Lipinski definition) is 1. The van der Waals surface area contributed by atoms with Crippen LogP contribution in [-0.4, -0.2) is 64.4 Å². The van der Waals surface area contributed by atoms with Crippen LogP contribution in [0.5, 0.6) is 11.5 Å². The van der Waals surface area contributed by atoms with Gasteiger partial charge in [0, 0.05) is 11.1 Å². The molecular formula is C21H19N5O5. The van der Waals surface area contributed by atoms with E-state index in [0.717, 1.165) is 5.56 Å². The topological polar surface area (TPSA) is 110 Å². The van der Waals surface area contributed by atoms with Crippen LogP contribution in [0.4, 0.5) is 0 Å². The third kappa shape index (κ3) is 3.11. The van der Waals surface area contributed by atoms with Crippen molar-refractivity contribution >= 4 is 5.91 Å². The maximum atomic E-state index is 12.5. The van der Waals surface area contributed by atoms with Crippen molar-refractivity contribution in [1.82, 2.24) is 25.5 Å². The van der Waals surface area contributed by atoms with Gasteiger partial charge in [0.1, 0.15) is 18.2 Å². The van der Waals surface area contributed by atoms with Gasteiger partial charge in [-0.1, -0.05) is 18.2 Å². The number of nitrogens with one attached hydrogen (secondary N) is 1. The summed E-state index contributed by atoms with van der Waals surface area (Å²) in [5.41, 5.74) is 1.41. The number of aromatic nitrogens is 4. The zero-order valence-corrected chi connectivity index (χ0v) is 16.4. The van der Waals surface area contributed by atoms with Crippen LogP contribution in [0.1, 0.15) is 16.4 Å². The molecule has 0 spiro atoms. The molecule has 1 aromatic heterocycles. The van der Waals surface area contributed by atoms with Gasteiger partial charge < -0.3 is 24.3 Å². The molecule has 0 aliphatic carbocycles. The predicted octanol–water partition coefficient (Wildman–Crippen LogP) is 1.21. The minimum atomic E-state index is -0.272. The van der Waals surface area contributed by atoms with Gasteiger partial charge in [-0.15, -0.1) is 5.10 Å². The van der Waals surface area contributed by atoms with Gasteiger partial charge in [0.15, 0.2) is 17.3 Å². The third-order valence-electron chi connectivity index (χ3n) is 5.82. The number of carbonyl (C=O) groups excluding carboxylic acids is 1. The highest BCUT2D eigenvalue weighted by atomic mass is 16.7. The third-order valence-corrected chi connectivity index (χ3v) is 5.82. The van der Waals surface area contributed by atoms with Crippen molar-refractivity contribution in [2.45, 2.75) is 24.3 Å². The Balaban J connectivity index is 1.21. The Bertz CT molecular complexity index is 1120. The summed E-state index contributed by atoms with van der Waals surface area (Å²) in [6, 6.07) is 14.2. The van der Waals surface area contributed by atoms with E-state index in [1.165, 1.54) is 0 Å². The van der Waals surface area contributed by atoms with Crippen LogP contribution in [0.3, 0.4) is 0 Å². The molecule has 0 saturated carbocycles. The maximum absolute atomic E-state index is 12.5. The second-order valence-electron chi connectivity index (χ2n) is 7.62. The first kappa shape index (κ1) is 18.3. The molecule has 0 radical (unpaired) electrons. The molecule has 2 aromatic carbocycles. The maximum Gasteiger partial charge on any atom is 0.251 e. The predicted molar refractivity (Wildman–Crippen MR) is 106 cm³/mol. The Morgan fingerprint density at radius 2 is 1.84 bits per heavy atom. The zero-order chi connectivity index (χ0) is 20.8. The fraction of sp³-hybridized carbons (Fsp3) is 0.333. The summed E-state index contributed by atoms with van der Waals surface area (Å²) in [6.45, 7) is 0.954. The normalized spacial score (nSPS) is 26.1. The molecule has 1 amide bonds. The van der Waals surface area contributed by atoms with E-state index in [0.29, 0.717) is 36.1 Å². The summed E-state index contributed by atoms with van der Waals surface area (Å²) < 4.78 is 24.6. The molecule has 1 N–H and O–H groups in total. The van der Waals surface area contributed by atoms with E-state index in [1.807, 2.05) is 36.4 Å². The van der Waals surface area contributed by atoms with Crippen LogP contribution in [0.25, 0.3) is 11.4 Å². The summed E-state index contributed by atoms with van der Waals surface area (Å²) in [4.78, 5) is 12.5. The van der Waals surface area contributed by atoms with Crippen LogP contribution in [0, 0.1) is 0 Å². The zero-order valence-electron chi connectivity index (χ0n) is 16.4. The van der Waals surface area contributed by atoms with Crippen LogP contribution in [0.15, 0.2) is 48.5 Å². The van der Waals surface area contributed by atoms with Crippen molar-refractivity contribution in [1.29, 1.82) is 0 Å². The van der Waals surface area contributed by atoms with Gasteiger partial charge in [-0.2, -0.15) is 0 Å². The van der Waals surface area contributed by atoms with Gasteiger partial charge in [-0.25, -0.2) is 4.68 Å². The minimum Gasteiger partial charge on any atom is -0.454 e. The van der Waals surface area contributed by atoms with Gasteiger partial charge in [0.25, 0.3) is 5.91 Å². The van der Waals surface area contributed by atoms with E-state index in [1.54, 1.807) is 16.8 Å². The Labute approximate surface area is 177 Å². The molecular weight excluding hydrogens is 402 g/mol. The van der Waals surface area contributed by atoms with Gasteiger partial charge in [-0.05, 0) is 40.8 Å². The number of ether oxygens (including phenoxy) is 4. The average molecular weight is 421 g/mol. The van der Waals surface area contributed by atoms with E-state index in [2.05, 4.69) is 20.8 Å². The summed E-state index contributed by atoms with van der Waals surface area (Å²) in [7, 11) is 0. The summed E-state index contributed by atoms with van der Waals surface area (Å²) in [5.74, 6) is 1.80. The Hall–Kier alpha value is -3.50. The molecule has 10 nitrogen and oxygen atoms in total. The lowest BCUT2D eigenvalue weighted by Gasteiger charge is -2.18. The number of carbonyl (C=O) groups is 1. The quantitative estimate of drug-likeness (QED) is 0.669. The molecule has 3 aromatic rings. The SMILES string of the molecule is O=C(N[C@H]1CO[C@H]2[C@@H]1OC[C@@H]2n1nnnc1-c1ccc2c(c1)OCO2)c1ccccc1. The Morgan fingerprint density at radius 3 is 2.74 bits per heavy atom. The lowest BCUT2D eigenvalue weighted by atomic mass is 10.1. The van der Waals surface area contributed by atoms with Crippen molar-refractivity contribution in [2.75, 3.05) is 20.0 Å². The molecule has 3 aliphatic rings. The van der Waals surface area contributed by atoms with Crippen LogP contribution < -0.4 is 14.8 Å². The highest BCUT2D eigenvalue weighted by Gasteiger charge is 2.50. The molecule has 4 heterocycles. The van der Waals surface area contributed by atoms with Gasteiger partial charge in [-0.3, -0.25) is 4.79 Å². The number of tetrazole rings is 1. The standard InChI is InChI=1S/C21H19N5O5/c27-21(12-4-2-1-3-5-12)22-14-9-28-19-15(10-29-18(14)19)26-20(23-24-25-26)13-6-7-16-17(8-13)31-11-30-16/h1-8,14-15,18-19H,9-11H2,(H,22,27)/t14-,15-,18+,19+/m0/s1. The summed E-state index contributed by atoms with van der Waals surface area (Å²) >= 11 is 0. The fourth-order valence-corrected chi connectivity index (χ4v) is 4.30. The molecule has 2 fully saturated rings. The second kappa shape index (κ2) is 7.33. The fourth-order valence-electron chi connectivity index (χ4n) is 4.30. The number of amides is 1. The molecule has 10 heteroatoms. The number of benzene rings is 2. The molecule has 3 aliphatic heterocycles. The van der Waals surface area contributed by atoms with Crippen molar-refractivity contribution in [3.8, 4) is 22.9 Å². The summed E-state index contributed by atoms with van der Waals surface area (Å²) in [5, 5.41) is 15.3. The molecule has 0 bridgehead atoms. The molecule has 6 rings (SSSR count). The van der Waals surface area contributed by atoms with Crippen molar-refractivity contribution < 1.29 is 23.7 Å². The lowest BCUT2D eigenvalue weighted by Crippen LogP contribution is -2.44. The van der Waals surface area contributed by atoms with Gasteiger partial charge in [0.2, 0.25) is 6.79 Å². The molecule has 0 unspecified atom stereocenters. The molecule has 4 atom stereocenters. The van der Waals surface area contributed by atoms with E-state index in [4.69, 9.17) is 18.9 Å². The van der Waals surface area contributed by atoms with Gasteiger partial charge in [0.05, 0.1) is 19.3 Å². The first-order chi connectivity index (χ1) is 15.3. The number of hydrogen-bond acceptors (Lipinski definition) is 8. The van der Waals surface area contributed by atoms with E-state index < -0.39 is 0 Å². The Morgan fingerprint density at radius 1 is 1.00 bits per heavy atom. The largest absolute Gasteiger partial charge is 0.454 e. The number of rotatable bonds is 4. The highest BCUT2D eigenvalue weighted by molar-refractivity contribution is 5.94. The van der Waals surface area contributed by atoms with Crippen LogP contribution in [0.2, 0.25) is 0 Å². The van der Waals surface area contributed by atoms with Crippen molar-refractivity contribution in [3.05, 3.63) is 54.1 Å². The van der Waals surface area contributed by atoms with E-state index >= 15 is 0 Å². The number of fused-ring (bicyclic) bond motifs is 2. The molecule has 2 saturated heterocycles. The first-order valence-corrected chi connectivity index (χ1v) is 10.0. The molecule has 158 valence electrons. The molecule has 31 heavy (non-hydrogen) atoms. The second-order valence-corrected chi connectivity index (χ2v) is 7.62. The summed E-state index contributed by atoms with van der Waals surface area (Å²) in [6.07, 6.45) is -0.538. The van der Waals surface area contributed by atoms with E-state index in [9.17, 15) is 4.79 Å². The minimum absolute atomic E-state index is 0.148. The van der Waals surface area contributed by atoms with Gasteiger partial charge >= 0.3 is 0 Å². The number of nitrogens with zero attached hydrogens (tertiary/aromatic N) is 4. The highest BCUT2D eigenvalue weighted by Crippen LogP contribution is 2.38. The van der Waals surface area contributed by atoms with E-state index in [-0.39, 0.29) is 37.0 Å². The average Bonchev–Trinajstić information content (AvgIpc) is 3.58. The lowest BCUT2D eigenvalue weighted by molar-refractivity contribution is 0.0615. The smallest absolute Gasteiger partial charge is 0.251 e. The van der Waals surface area contributed by atoms with Crippen molar-refractivity contribution in [3.63, 3.8) is 0 Å².